The molecule has 0 aromatic heterocycles. The van der Waals surface area contributed by atoms with E-state index in [2.05, 4.69) is 12.1 Å². The van der Waals surface area contributed by atoms with E-state index in [-0.39, 0.29) is 0 Å². The predicted molar refractivity (Wildman–Crippen MR) is 75.6 cm³/mol. The summed E-state index contributed by atoms with van der Waals surface area (Å²) in [5.41, 5.74) is 2.32. The van der Waals surface area contributed by atoms with Crippen LogP contribution in [0.3, 0.4) is 0 Å². The molecule has 0 spiro atoms. The summed E-state index contributed by atoms with van der Waals surface area (Å²) in [6.45, 7) is 0.644. The summed E-state index contributed by atoms with van der Waals surface area (Å²) in [7, 11) is 3.95. The van der Waals surface area contributed by atoms with Crippen molar-refractivity contribution in [3.63, 3.8) is 0 Å². The molecule has 19 heavy (non-hydrogen) atoms. The van der Waals surface area contributed by atoms with Crippen molar-refractivity contribution >= 4 is 0 Å². The molecule has 3 rings (SSSR count). The summed E-state index contributed by atoms with van der Waals surface area (Å²) in [6.07, 6.45) is 4.96. The summed E-state index contributed by atoms with van der Waals surface area (Å²) < 4.78 is 6.08. The Kier molecular flexibility index (Phi) is 3.50. The van der Waals surface area contributed by atoms with Crippen LogP contribution in [-0.2, 0) is 0 Å². The summed E-state index contributed by atoms with van der Waals surface area (Å²) >= 11 is 0. The molecule has 0 bridgehead atoms. The molecule has 3 atom stereocenters. The molecule has 1 saturated carbocycles. The molecule has 1 aliphatic carbocycles. The zero-order valence-electron chi connectivity index (χ0n) is 11.8. The van der Waals surface area contributed by atoms with Crippen molar-refractivity contribution in [1.82, 2.24) is 4.90 Å². The van der Waals surface area contributed by atoms with E-state index in [9.17, 15) is 5.11 Å². The molecule has 1 fully saturated rings. The van der Waals surface area contributed by atoms with Gasteiger partial charge in [0.25, 0.3) is 0 Å². The largest absolute Gasteiger partial charge is 0.489 e. The van der Waals surface area contributed by atoms with Gasteiger partial charge < -0.3 is 14.7 Å². The first-order valence-corrected chi connectivity index (χ1v) is 7.28. The summed E-state index contributed by atoms with van der Waals surface area (Å²) in [5.74, 6) is 1.59. The topological polar surface area (TPSA) is 32.7 Å². The number of nitrogens with zero attached hydrogens (tertiary/aromatic N) is 1. The van der Waals surface area contributed by atoms with E-state index in [1.807, 2.05) is 25.1 Å². The first-order chi connectivity index (χ1) is 9.15. The SMILES string of the molecule is CN(C)CC(O)c1ccc2c(c1)OC1CCCCC21. The number of aliphatic hydroxyl groups is 1. The molecule has 3 nitrogen and oxygen atoms in total. The first kappa shape index (κ1) is 12.9. The highest BCUT2D eigenvalue weighted by Gasteiger charge is 2.36. The van der Waals surface area contributed by atoms with Crippen LogP contribution >= 0.6 is 0 Å². The quantitative estimate of drug-likeness (QED) is 0.908. The van der Waals surface area contributed by atoms with Crippen LogP contribution in [0.15, 0.2) is 18.2 Å². The normalized spacial score (nSPS) is 26.7. The molecule has 3 unspecified atom stereocenters. The molecular weight excluding hydrogens is 238 g/mol. The van der Waals surface area contributed by atoms with Gasteiger partial charge in [-0.3, -0.25) is 0 Å². The van der Waals surface area contributed by atoms with Gasteiger partial charge in [0, 0.05) is 18.0 Å². The van der Waals surface area contributed by atoms with E-state index in [1.54, 1.807) is 0 Å². The van der Waals surface area contributed by atoms with E-state index in [0.717, 1.165) is 11.3 Å². The van der Waals surface area contributed by atoms with Crippen LogP contribution in [0.25, 0.3) is 0 Å². The molecule has 1 aliphatic heterocycles. The third-order valence-corrected chi connectivity index (χ3v) is 4.34. The van der Waals surface area contributed by atoms with Crippen molar-refractivity contribution in [2.75, 3.05) is 20.6 Å². The highest BCUT2D eigenvalue weighted by Crippen LogP contribution is 2.46. The molecule has 3 heteroatoms. The Morgan fingerprint density at radius 1 is 1.32 bits per heavy atom. The average molecular weight is 261 g/mol. The highest BCUT2D eigenvalue weighted by atomic mass is 16.5. The van der Waals surface area contributed by atoms with Gasteiger partial charge in [-0.25, -0.2) is 0 Å². The Bertz CT molecular complexity index is 458. The number of hydrogen-bond donors (Lipinski definition) is 1. The Hall–Kier alpha value is -1.06. The van der Waals surface area contributed by atoms with Gasteiger partial charge in [0.15, 0.2) is 0 Å². The van der Waals surface area contributed by atoms with Crippen LogP contribution in [0.4, 0.5) is 0 Å². The lowest BCUT2D eigenvalue weighted by Crippen LogP contribution is -2.22. The van der Waals surface area contributed by atoms with Crippen molar-refractivity contribution in [2.24, 2.45) is 0 Å². The van der Waals surface area contributed by atoms with E-state index in [0.29, 0.717) is 18.6 Å². The maximum Gasteiger partial charge on any atom is 0.123 e. The van der Waals surface area contributed by atoms with Crippen LogP contribution in [0.2, 0.25) is 0 Å². The molecule has 0 radical (unpaired) electrons. The van der Waals surface area contributed by atoms with Gasteiger partial charge in [0.05, 0.1) is 6.10 Å². The van der Waals surface area contributed by atoms with Gasteiger partial charge in [0.2, 0.25) is 0 Å². The second kappa shape index (κ2) is 5.14. The minimum absolute atomic E-state index is 0.380. The van der Waals surface area contributed by atoms with Crippen molar-refractivity contribution in [3.8, 4) is 5.75 Å². The predicted octanol–water partition coefficient (Wildman–Crippen LogP) is 2.70. The first-order valence-electron chi connectivity index (χ1n) is 7.28. The number of hydrogen-bond acceptors (Lipinski definition) is 3. The molecule has 0 amide bonds. The third-order valence-electron chi connectivity index (χ3n) is 4.34. The minimum Gasteiger partial charge on any atom is -0.489 e. The maximum absolute atomic E-state index is 10.2. The fourth-order valence-corrected chi connectivity index (χ4v) is 3.37. The molecular formula is C16H23NO2. The number of rotatable bonds is 3. The average Bonchev–Trinajstić information content (AvgIpc) is 2.75. The van der Waals surface area contributed by atoms with Crippen molar-refractivity contribution in [2.45, 2.75) is 43.8 Å². The van der Waals surface area contributed by atoms with E-state index in [1.165, 1.54) is 31.2 Å². The lowest BCUT2D eigenvalue weighted by molar-refractivity contribution is 0.137. The molecule has 2 aliphatic rings. The molecule has 104 valence electrons. The summed E-state index contributed by atoms with van der Waals surface area (Å²) in [6, 6.07) is 6.27. The monoisotopic (exact) mass is 261 g/mol. The van der Waals surface area contributed by atoms with Crippen LogP contribution in [0.5, 0.6) is 5.75 Å². The minimum atomic E-state index is -0.438. The van der Waals surface area contributed by atoms with E-state index >= 15 is 0 Å². The van der Waals surface area contributed by atoms with Crippen molar-refractivity contribution < 1.29 is 9.84 Å². The van der Waals surface area contributed by atoms with Gasteiger partial charge in [-0.1, -0.05) is 18.6 Å². The Labute approximate surface area is 115 Å². The van der Waals surface area contributed by atoms with Gasteiger partial charge in [0.1, 0.15) is 11.9 Å². The molecule has 0 saturated heterocycles. The third kappa shape index (κ3) is 2.49. The van der Waals surface area contributed by atoms with Crippen LogP contribution < -0.4 is 4.74 Å². The summed E-state index contributed by atoms with van der Waals surface area (Å²) in [4.78, 5) is 2.00. The molecule has 1 N–H and O–H groups in total. The lowest BCUT2D eigenvalue weighted by atomic mass is 9.83. The molecule has 1 heterocycles. The molecule has 1 aromatic carbocycles. The zero-order chi connectivity index (χ0) is 13.4. The Balaban J connectivity index is 1.82. The number of aliphatic hydroxyl groups excluding tert-OH is 1. The second-order valence-corrected chi connectivity index (χ2v) is 6.12. The second-order valence-electron chi connectivity index (χ2n) is 6.12. The Morgan fingerprint density at radius 2 is 2.11 bits per heavy atom. The van der Waals surface area contributed by atoms with Gasteiger partial charge in [-0.2, -0.15) is 0 Å². The van der Waals surface area contributed by atoms with Crippen molar-refractivity contribution in [1.29, 1.82) is 0 Å². The van der Waals surface area contributed by atoms with Crippen molar-refractivity contribution in [3.05, 3.63) is 29.3 Å². The molecule has 1 aromatic rings. The van der Waals surface area contributed by atoms with Crippen LogP contribution in [-0.4, -0.2) is 36.8 Å². The smallest absolute Gasteiger partial charge is 0.123 e. The van der Waals surface area contributed by atoms with E-state index < -0.39 is 6.10 Å². The fraction of sp³-hybridized carbons (Fsp3) is 0.625. The van der Waals surface area contributed by atoms with Gasteiger partial charge in [-0.05, 0) is 45.0 Å². The van der Waals surface area contributed by atoms with E-state index in [4.69, 9.17) is 4.74 Å². The number of ether oxygens (including phenoxy) is 1. The zero-order valence-corrected chi connectivity index (χ0v) is 11.8. The standard InChI is InChI=1S/C16H23NO2/c1-17(2)10-14(18)11-7-8-13-12-5-3-4-6-15(12)19-16(13)9-11/h7-9,12,14-15,18H,3-6,10H2,1-2H3. The van der Waals surface area contributed by atoms with Gasteiger partial charge >= 0.3 is 0 Å². The lowest BCUT2D eigenvalue weighted by Gasteiger charge is -2.23. The van der Waals surface area contributed by atoms with Crippen LogP contribution in [0, 0.1) is 0 Å². The van der Waals surface area contributed by atoms with Gasteiger partial charge in [-0.15, -0.1) is 0 Å². The van der Waals surface area contributed by atoms with Crippen LogP contribution in [0.1, 0.15) is 48.8 Å². The summed E-state index contributed by atoms with van der Waals surface area (Å²) in [5, 5.41) is 10.2. The number of fused-ring (bicyclic) bond motifs is 3. The highest BCUT2D eigenvalue weighted by molar-refractivity contribution is 5.44. The fourth-order valence-electron chi connectivity index (χ4n) is 3.37. The Morgan fingerprint density at radius 3 is 2.89 bits per heavy atom. The number of likely N-dealkylation sites (N-methyl/N-ethyl adjacent to an activating group) is 1. The number of benzene rings is 1. The maximum atomic E-state index is 10.2.